The molecule has 0 unspecified atom stereocenters. The second-order valence-corrected chi connectivity index (χ2v) is 5.83. The summed E-state index contributed by atoms with van der Waals surface area (Å²) in [7, 11) is 1.31. The zero-order valence-corrected chi connectivity index (χ0v) is 12.8. The summed E-state index contributed by atoms with van der Waals surface area (Å²) in [6, 6.07) is 0. The van der Waals surface area contributed by atoms with E-state index in [9.17, 15) is 48.3 Å². The summed E-state index contributed by atoms with van der Waals surface area (Å²) >= 11 is 0. The van der Waals surface area contributed by atoms with Gasteiger partial charge in [0.25, 0.3) is 0 Å². The lowest BCUT2D eigenvalue weighted by atomic mass is 9.70. The molecule has 0 aromatic carbocycles. The molecule has 0 aromatic heterocycles. The molecule has 1 aliphatic rings. The second-order valence-electron chi connectivity index (χ2n) is 5.83. The van der Waals surface area contributed by atoms with Gasteiger partial charge < -0.3 is 4.74 Å². The van der Waals surface area contributed by atoms with Gasteiger partial charge in [0.1, 0.15) is 0 Å². The lowest BCUT2D eigenvalue weighted by molar-refractivity contribution is -0.485. The Morgan fingerprint density at radius 1 is 0.520 bits per heavy atom. The lowest BCUT2D eigenvalue weighted by Gasteiger charge is -2.52. The molecule has 1 aliphatic carbocycles. The molecule has 0 amide bonds. The number of alkyl halides is 11. The van der Waals surface area contributed by atoms with Crippen LogP contribution in [-0.4, -0.2) is 49.0 Å². The highest BCUT2D eigenvalue weighted by molar-refractivity contribution is 5.26. The molecule has 0 spiro atoms. The first kappa shape index (κ1) is 22.2. The highest BCUT2D eigenvalue weighted by Gasteiger charge is 3.00. The Balaban J connectivity index is 3.18. The first-order valence-electron chi connectivity index (χ1n) is 7.13. The summed E-state index contributed by atoms with van der Waals surface area (Å²) in [6.45, 7) is 0.176. The van der Waals surface area contributed by atoms with E-state index in [1.807, 2.05) is 0 Å². The molecule has 1 fully saturated rings. The molecular weight excluding hydrogens is 381 g/mol. The fourth-order valence-electron chi connectivity index (χ4n) is 2.57. The Kier molecular flexibility index (Phi) is 5.70. The first-order chi connectivity index (χ1) is 11.1. The van der Waals surface area contributed by atoms with E-state index in [1.165, 1.54) is 7.11 Å². The molecule has 150 valence electrons. The summed E-state index contributed by atoms with van der Waals surface area (Å²) in [6.07, 6.45) is -2.91. The van der Waals surface area contributed by atoms with Gasteiger partial charge in [0.15, 0.2) is 0 Å². The van der Waals surface area contributed by atoms with Gasteiger partial charge >= 0.3 is 29.6 Å². The van der Waals surface area contributed by atoms with Crippen molar-refractivity contribution in [3.63, 3.8) is 0 Å². The van der Waals surface area contributed by atoms with E-state index in [4.69, 9.17) is 0 Å². The number of rotatable bonds is 7. The minimum atomic E-state index is -7.14. The van der Waals surface area contributed by atoms with E-state index in [0.717, 1.165) is 0 Å². The molecule has 0 N–H and O–H groups in total. The average molecular weight is 396 g/mol. The molecule has 12 heteroatoms. The van der Waals surface area contributed by atoms with Crippen molar-refractivity contribution in [3.8, 4) is 0 Å². The standard InChI is InChI=1S/C13H15F11O/c1-25-7-5-3-2-4-6-8(14)9(15,16)11(19,20)13(23,24)12(21,22)10(8,17)18/h2-7H2,1H3. The Labute approximate surface area is 135 Å². The van der Waals surface area contributed by atoms with Gasteiger partial charge in [0.2, 0.25) is 5.67 Å². The largest absolute Gasteiger partial charge is 0.385 e. The van der Waals surface area contributed by atoms with Crippen molar-refractivity contribution in [2.24, 2.45) is 0 Å². The highest BCUT2D eigenvalue weighted by atomic mass is 19.4. The van der Waals surface area contributed by atoms with Crippen molar-refractivity contribution in [1.82, 2.24) is 0 Å². The van der Waals surface area contributed by atoms with Gasteiger partial charge in [-0.05, 0) is 19.3 Å². The van der Waals surface area contributed by atoms with Crippen molar-refractivity contribution in [2.45, 2.75) is 67.4 Å². The fraction of sp³-hybridized carbons (Fsp3) is 1.00. The summed E-state index contributed by atoms with van der Waals surface area (Å²) in [5, 5.41) is 0. The summed E-state index contributed by atoms with van der Waals surface area (Å²) in [4.78, 5) is 0. The predicted molar refractivity (Wildman–Crippen MR) is 63.5 cm³/mol. The van der Waals surface area contributed by atoms with Gasteiger partial charge in [0, 0.05) is 13.7 Å². The van der Waals surface area contributed by atoms with E-state index >= 15 is 0 Å². The Morgan fingerprint density at radius 2 is 0.880 bits per heavy atom. The van der Waals surface area contributed by atoms with E-state index in [-0.39, 0.29) is 25.9 Å². The van der Waals surface area contributed by atoms with Crippen molar-refractivity contribution >= 4 is 0 Å². The summed E-state index contributed by atoms with van der Waals surface area (Å²) in [5.41, 5.74) is -5.84. The number of unbranched alkanes of at least 4 members (excludes halogenated alkanes) is 3. The quantitative estimate of drug-likeness (QED) is 0.409. The molecule has 0 radical (unpaired) electrons. The van der Waals surface area contributed by atoms with E-state index < -0.39 is 48.1 Å². The molecule has 1 rings (SSSR count). The van der Waals surface area contributed by atoms with Crippen molar-refractivity contribution in [3.05, 3.63) is 0 Å². The molecular formula is C13H15F11O. The van der Waals surface area contributed by atoms with Crippen molar-refractivity contribution < 1.29 is 53.0 Å². The minimum Gasteiger partial charge on any atom is -0.385 e. The molecule has 1 saturated carbocycles. The normalized spacial score (nSPS) is 27.8. The van der Waals surface area contributed by atoms with Crippen LogP contribution < -0.4 is 0 Å². The summed E-state index contributed by atoms with van der Waals surface area (Å²) < 4.78 is 152. The van der Waals surface area contributed by atoms with Gasteiger partial charge in [0.05, 0.1) is 0 Å². The number of hydrogen-bond acceptors (Lipinski definition) is 1. The van der Waals surface area contributed by atoms with Gasteiger partial charge in [-0.3, -0.25) is 0 Å². The van der Waals surface area contributed by atoms with Crippen LogP contribution in [0.15, 0.2) is 0 Å². The van der Waals surface area contributed by atoms with Crippen LogP contribution >= 0.6 is 0 Å². The number of methoxy groups -OCH3 is 1. The van der Waals surface area contributed by atoms with Crippen LogP contribution in [0.3, 0.4) is 0 Å². The Hall–Kier alpha value is -0.810. The number of ether oxygens (including phenoxy) is 1. The molecule has 0 heterocycles. The maximum Gasteiger partial charge on any atom is 0.384 e. The molecule has 0 aromatic rings. The van der Waals surface area contributed by atoms with Crippen molar-refractivity contribution in [1.29, 1.82) is 0 Å². The van der Waals surface area contributed by atoms with Gasteiger partial charge in [-0.1, -0.05) is 12.8 Å². The monoisotopic (exact) mass is 396 g/mol. The first-order valence-corrected chi connectivity index (χ1v) is 7.13. The maximum atomic E-state index is 14.2. The van der Waals surface area contributed by atoms with Gasteiger partial charge in [-0.15, -0.1) is 0 Å². The molecule has 0 saturated heterocycles. The van der Waals surface area contributed by atoms with Crippen LogP contribution in [-0.2, 0) is 4.74 Å². The third-order valence-electron chi connectivity index (χ3n) is 4.19. The zero-order chi connectivity index (χ0) is 19.9. The van der Waals surface area contributed by atoms with Crippen LogP contribution in [0, 0.1) is 0 Å². The SMILES string of the molecule is COCCCCCCC1(F)C(F)(F)C(F)(F)C(F)(F)C(F)(F)C1(F)F. The topological polar surface area (TPSA) is 9.23 Å². The molecule has 1 nitrogen and oxygen atoms in total. The fourth-order valence-corrected chi connectivity index (χ4v) is 2.57. The Bertz CT molecular complexity index is 445. The van der Waals surface area contributed by atoms with Crippen LogP contribution in [0.25, 0.3) is 0 Å². The zero-order valence-electron chi connectivity index (χ0n) is 12.8. The van der Waals surface area contributed by atoms with Crippen LogP contribution in [0.5, 0.6) is 0 Å². The number of halogens is 11. The van der Waals surface area contributed by atoms with Crippen LogP contribution in [0.4, 0.5) is 48.3 Å². The third-order valence-corrected chi connectivity index (χ3v) is 4.19. The molecule has 0 bridgehead atoms. The second kappa shape index (κ2) is 6.41. The number of hydrogen-bond donors (Lipinski definition) is 0. The molecule has 25 heavy (non-hydrogen) atoms. The van der Waals surface area contributed by atoms with Gasteiger partial charge in [-0.2, -0.15) is 43.9 Å². The van der Waals surface area contributed by atoms with Crippen LogP contribution in [0.2, 0.25) is 0 Å². The minimum absolute atomic E-state index is 0.115. The smallest absolute Gasteiger partial charge is 0.384 e. The van der Waals surface area contributed by atoms with E-state index in [2.05, 4.69) is 4.74 Å². The van der Waals surface area contributed by atoms with Gasteiger partial charge in [-0.25, -0.2) is 4.39 Å². The lowest BCUT2D eigenvalue weighted by Crippen LogP contribution is -2.83. The summed E-state index contributed by atoms with van der Waals surface area (Å²) in [5.74, 6) is -34.6. The Morgan fingerprint density at radius 3 is 1.28 bits per heavy atom. The predicted octanol–water partition coefficient (Wildman–Crippen LogP) is 5.48. The van der Waals surface area contributed by atoms with Crippen molar-refractivity contribution in [2.75, 3.05) is 13.7 Å². The third kappa shape index (κ3) is 2.69. The maximum absolute atomic E-state index is 14.2. The van der Waals surface area contributed by atoms with Crippen LogP contribution in [0.1, 0.15) is 32.1 Å². The molecule has 0 aliphatic heterocycles. The highest BCUT2D eigenvalue weighted by Crippen LogP contribution is 2.70. The average Bonchev–Trinajstić information content (AvgIpc) is 2.48. The van der Waals surface area contributed by atoms with E-state index in [0.29, 0.717) is 0 Å². The molecule has 0 atom stereocenters. The van der Waals surface area contributed by atoms with E-state index in [1.54, 1.807) is 0 Å².